The maximum Gasteiger partial charge on any atom is 0.119 e. The summed E-state index contributed by atoms with van der Waals surface area (Å²) in [5.41, 5.74) is 4.59. The Morgan fingerprint density at radius 2 is 1.76 bits per heavy atom. The predicted octanol–water partition coefficient (Wildman–Crippen LogP) is 4.37. The van der Waals surface area contributed by atoms with Gasteiger partial charge in [0.25, 0.3) is 0 Å². The molecule has 2 heteroatoms. The zero-order valence-electron chi connectivity index (χ0n) is 13.1. The maximum absolute atomic E-state index is 10.4. The van der Waals surface area contributed by atoms with Crippen molar-refractivity contribution in [3.05, 3.63) is 64.7 Å². The molecule has 2 rings (SSSR count). The van der Waals surface area contributed by atoms with Crippen molar-refractivity contribution in [2.75, 3.05) is 6.61 Å². The van der Waals surface area contributed by atoms with Crippen LogP contribution in [0.15, 0.2) is 42.5 Å². The Labute approximate surface area is 127 Å². The highest BCUT2D eigenvalue weighted by molar-refractivity contribution is 5.33. The first-order valence-electron chi connectivity index (χ1n) is 7.57. The molecule has 0 bridgehead atoms. The van der Waals surface area contributed by atoms with Gasteiger partial charge in [-0.2, -0.15) is 0 Å². The number of hydrogen-bond acceptors (Lipinski definition) is 2. The molecule has 0 aliphatic carbocycles. The van der Waals surface area contributed by atoms with Gasteiger partial charge < -0.3 is 9.84 Å². The molecule has 1 atom stereocenters. The van der Waals surface area contributed by atoms with Crippen LogP contribution < -0.4 is 4.74 Å². The summed E-state index contributed by atoms with van der Waals surface area (Å²) in [6, 6.07) is 14.1. The number of ether oxygens (including phenoxy) is 1. The van der Waals surface area contributed by atoms with Crippen LogP contribution in [0.3, 0.4) is 0 Å². The van der Waals surface area contributed by atoms with Crippen molar-refractivity contribution in [2.45, 2.75) is 39.7 Å². The fourth-order valence-electron chi connectivity index (χ4n) is 2.35. The first-order valence-corrected chi connectivity index (χ1v) is 7.57. The fraction of sp³-hybridized carbons (Fsp3) is 0.368. The van der Waals surface area contributed by atoms with Crippen molar-refractivity contribution in [3.63, 3.8) is 0 Å². The van der Waals surface area contributed by atoms with E-state index in [0.717, 1.165) is 24.3 Å². The van der Waals surface area contributed by atoms with Crippen LogP contribution >= 0.6 is 0 Å². The normalized spacial score (nSPS) is 12.2. The van der Waals surface area contributed by atoms with E-state index in [1.807, 2.05) is 24.3 Å². The smallest absolute Gasteiger partial charge is 0.119 e. The Kier molecular flexibility index (Phi) is 5.40. The van der Waals surface area contributed by atoms with Crippen molar-refractivity contribution < 1.29 is 9.84 Å². The van der Waals surface area contributed by atoms with E-state index in [2.05, 4.69) is 39.0 Å². The maximum atomic E-state index is 10.4. The molecule has 0 aliphatic rings. The molecule has 2 aromatic carbocycles. The van der Waals surface area contributed by atoms with Crippen molar-refractivity contribution in [1.82, 2.24) is 0 Å². The molecular formula is C19H24O2. The van der Waals surface area contributed by atoms with Gasteiger partial charge in [-0.1, -0.05) is 42.8 Å². The van der Waals surface area contributed by atoms with Gasteiger partial charge in [0, 0.05) is 6.42 Å². The minimum absolute atomic E-state index is 0.481. The van der Waals surface area contributed by atoms with Gasteiger partial charge in [-0.25, -0.2) is 0 Å². The van der Waals surface area contributed by atoms with Crippen molar-refractivity contribution in [3.8, 4) is 5.75 Å². The summed E-state index contributed by atoms with van der Waals surface area (Å²) >= 11 is 0. The second-order valence-corrected chi connectivity index (χ2v) is 5.57. The predicted molar refractivity (Wildman–Crippen MR) is 86.8 cm³/mol. The lowest BCUT2D eigenvalue weighted by Gasteiger charge is -2.14. The van der Waals surface area contributed by atoms with E-state index in [4.69, 9.17) is 4.74 Å². The minimum Gasteiger partial charge on any atom is -0.494 e. The van der Waals surface area contributed by atoms with Gasteiger partial charge in [0.2, 0.25) is 0 Å². The average Bonchev–Trinajstić information content (AvgIpc) is 2.49. The van der Waals surface area contributed by atoms with Crippen LogP contribution in [0.1, 0.15) is 41.7 Å². The second kappa shape index (κ2) is 7.28. The molecule has 1 N–H and O–H groups in total. The molecule has 0 spiro atoms. The second-order valence-electron chi connectivity index (χ2n) is 5.57. The van der Waals surface area contributed by atoms with Crippen molar-refractivity contribution in [1.29, 1.82) is 0 Å². The summed E-state index contributed by atoms with van der Waals surface area (Å²) < 4.78 is 5.56. The topological polar surface area (TPSA) is 29.5 Å². The number of rotatable bonds is 6. The third-order valence-electron chi connectivity index (χ3n) is 3.66. The lowest BCUT2D eigenvalue weighted by molar-refractivity contribution is 0.178. The Bertz CT molecular complexity index is 573. The Morgan fingerprint density at radius 1 is 1.05 bits per heavy atom. The molecule has 1 unspecified atom stereocenters. The summed E-state index contributed by atoms with van der Waals surface area (Å²) in [5.74, 6) is 0.861. The highest BCUT2D eigenvalue weighted by atomic mass is 16.5. The Morgan fingerprint density at radius 3 is 2.43 bits per heavy atom. The van der Waals surface area contributed by atoms with E-state index in [1.165, 1.54) is 16.7 Å². The highest BCUT2D eigenvalue weighted by Crippen LogP contribution is 2.23. The average molecular weight is 284 g/mol. The molecule has 2 nitrogen and oxygen atoms in total. The summed E-state index contributed by atoms with van der Waals surface area (Å²) in [4.78, 5) is 0. The molecule has 0 radical (unpaired) electrons. The van der Waals surface area contributed by atoms with Gasteiger partial charge in [0.1, 0.15) is 5.75 Å². The van der Waals surface area contributed by atoms with E-state index in [9.17, 15) is 5.11 Å². The van der Waals surface area contributed by atoms with Gasteiger partial charge in [-0.3, -0.25) is 0 Å². The van der Waals surface area contributed by atoms with Crippen LogP contribution in [0.4, 0.5) is 0 Å². The zero-order valence-corrected chi connectivity index (χ0v) is 13.1. The number of aliphatic hydroxyl groups is 1. The standard InChI is InChI=1S/C19H24O2/c1-4-11-21-18-9-7-16(8-10-18)19(20)13-17-12-14(2)5-6-15(17)3/h5-10,12,19-20H,4,11,13H2,1-3H3. The lowest BCUT2D eigenvalue weighted by Crippen LogP contribution is -2.04. The third kappa shape index (κ3) is 4.33. The van der Waals surface area contributed by atoms with Gasteiger partial charge in [-0.05, 0) is 49.1 Å². The molecule has 2 aromatic rings. The monoisotopic (exact) mass is 284 g/mol. The van der Waals surface area contributed by atoms with Crippen molar-refractivity contribution >= 4 is 0 Å². The molecule has 112 valence electrons. The first-order chi connectivity index (χ1) is 10.1. The first kappa shape index (κ1) is 15.6. The SMILES string of the molecule is CCCOc1ccc(C(O)Cc2cc(C)ccc2C)cc1. The fourth-order valence-corrected chi connectivity index (χ4v) is 2.35. The highest BCUT2D eigenvalue weighted by Gasteiger charge is 2.10. The van der Waals surface area contributed by atoms with Crippen molar-refractivity contribution in [2.24, 2.45) is 0 Å². The summed E-state index contributed by atoms with van der Waals surface area (Å²) in [6.45, 7) is 6.98. The molecule has 0 saturated carbocycles. The number of benzene rings is 2. The molecule has 0 heterocycles. The van der Waals surface area contributed by atoms with E-state index in [-0.39, 0.29) is 0 Å². The van der Waals surface area contributed by atoms with Gasteiger partial charge in [0.15, 0.2) is 0 Å². The van der Waals surface area contributed by atoms with Crippen LogP contribution in [-0.2, 0) is 6.42 Å². The number of hydrogen-bond donors (Lipinski definition) is 1. The summed E-state index contributed by atoms with van der Waals surface area (Å²) in [6.07, 6.45) is 1.16. The van der Waals surface area contributed by atoms with Crippen LogP contribution in [0.25, 0.3) is 0 Å². The molecule has 0 aliphatic heterocycles. The van der Waals surface area contributed by atoms with Crippen LogP contribution in [0.5, 0.6) is 5.75 Å². The Balaban J connectivity index is 2.05. The van der Waals surface area contributed by atoms with E-state index in [1.54, 1.807) is 0 Å². The summed E-state index contributed by atoms with van der Waals surface area (Å²) in [7, 11) is 0. The minimum atomic E-state index is -0.481. The van der Waals surface area contributed by atoms with Crippen LogP contribution in [0, 0.1) is 13.8 Å². The molecule has 0 fully saturated rings. The largest absolute Gasteiger partial charge is 0.494 e. The molecule has 0 aromatic heterocycles. The summed E-state index contributed by atoms with van der Waals surface area (Å²) in [5, 5.41) is 10.4. The quantitative estimate of drug-likeness (QED) is 0.853. The van der Waals surface area contributed by atoms with Crippen LogP contribution in [0.2, 0.25) is 0 Å². The van der Waals surface area contributed by atoms with E-state index >= 15 is 0 Å². The van der Waals surface area contributed by atoms with Gasteiger partial charge >= 0.3 is 0 Å². The lowest BCUT2D eigenvalue weighted by atomic mass is 9.97. The molecular weight excluding hydrogens is 260 g/mol. The van der Waals surface area contributed by atoms with Gasteiger partial charge in [0.05, 0.1) is 12.7 Å². The Hall–Kier alpha value is -1.80. The third-order valence-corrected chi connectivity index (χ3v) is 3.66. The van der Waals surface area contributed by atoms with E-state index < -0.39 is 6.10 Å². The van der Waals surface area contributed by atoms with Crippen LogP contribution in [-0.4, -0.2) is 11.7 Å². The molecule has 0 saturated heterocycles. The van der Waals surface area contributed by atoms with Gasteiger partial charge in [-0.15, -0.1) is 0 Å². The zero-order chi connectivity index (χ0) is 15.2. The molecule has 0 amide bonds. The number of aryl methyl sites for hydroxylation is 2. The number of aliphatic hydroxyl groups excluding tert-OH is 1. The van der Waals surface area contributed by atoms with E-state index in [0.29, 0.717) is 6.42 Å². The molecule has 21 heavy (non-hydrogen) atoms.